The number of benzene rings is 3. The molecular weight excluding hydrogens is 404 g/mol. The first-order valence-electron chi connectivity index (χ1n) is 8.80. The molecule has 3 aromatic carbocycles. The van der Waals surface area contributed by atoms with Gasteiger partial charge in [0.1, 0.15) is 5.75 Å². The van der Waals surface area contributed by atoms with Crippen molar-refractivity contribution in [2.45, 2.75) is 0 Å². The lowest BCUT2D eigenvalue weighted by Crippen LogP contribution is -2.08. The number of carbonyl (C=O) groups excluding carboxylic acids is 1. The van der Waals surface area contributed by atoms with E-state index in [2.05, 4.69) is 15.5 Å². The summed E-state index contributed by atoms with van der Waals surface area (Å²) in [5.41, 5.74) is 4.54. The highest BCUT2D eigenvalue weighted by Crippen LogP contribution is 2.25. The van der Waals surface area contributed by atoms with E-state index in [-0.39, 0.29) is 11.3 Å². The van der Waals surface area contributed by atoms with Gasteiger partial charge in [-0.25, -0.2) is 9.78 Å². The van der Waals surface area contributed by atoms with Gasteiger partial charge in [0.25, 0.3) is 5.69 Å². The molecule has 0 bridgehead atoms. The molecule has 1 heterocycles. The van der Waals surface area contributed by atoms with Crippen molar-refractivity contribution in [1.29, 1.82) is 0 Å². The Morgan fingerprint density at radius 1 is 1.10 bits per heavy atom. The van der Waals surface area contributed by atoms with Crippen molar-refractivity contribution < 1.29 is 14.5 Å². The van der Waals surface area contributed by atoms with E-state index < -0.39 is 10.9 Å². The molecule has 0 amide bonds. The molecule has 4 aromatic rings. The molecule has 1 N–H and O–H groups in total. The van der Waals surface area contributed by atoms with Crippen LogP contribution in [0.1, 0.15) is 15.9 Å². The van der Waals surface area contributed by atoms with E-state index >= 15 is 0 Å². The number of aromatic nitrogens is 1. The number of fused-ring (bicyclic) bond motifs is 1. The second kappa shape index (κ2) is 8.50. The SMILES string of the molecule is O=C(Oc1ccc(/C=N\Nc2nc3ccccc3s2)cc1)c1cccc([N+](=O)[O-])c1. The normalized spacial score (nSPS) is 10.9. The topological polar surface area (TPSA) is 107 Å². The van der Waals surface area contributed by atoms with E-state index in [0.29, 0.717) is 10.9 Å². The van der Waals surface area contributed by atoms with E-state index in [4.69, 9.17) is 4.74 Å². The standard InChI is InChI=1S/C21H14N4O4S/c26-20(15-4-3-5-16(12-15)25(27)28)29-17-10-8-14(9-11-17)13-22-24-21-23-18-6-1-2-7-19(18)30-21/h1-13H,(H,23,24)/b22-13-. The van der Waals surface area contributed by atoms with E-state index in [1.54, 1.807) is 30.5 Å². The zero-order chi connectivity index (χ0) is 20.9. The van der Waals surface area contributed by atoms with Crippen molar-refractivity contribution in [1.82, 2.24) is 4.98 Å². The summed E-state index contributed by atoms with van der Waals surface area (Å²) in [6.45, 7) is 0. The van der Waals surface area contributed by atoms with Gasteiger partial charge in [-0.2, -0.15) is 5.10 Å². The summed E-state index contributed by atoms with van der Waals surface area (Å²) in [6.07, 6.45) is 1.62. The number of anilines is 1. The summed E-state index contributed by atoms with van der Waals surface area (Å²) in [5, 5.41) is 15.7. The molecule has 0 aliphatic carbocycles. The number of nitrogens with zero attached hydrogens (tertiary/aromatic N) is 3. The summed E-state index contributed by atoms with van der Waals surface area (Å²) >= 11 is 1.51. The Hall–Kier alpha value is -4.11. The highest BCUT2D eigenvalue weighted by atomic mass is 32.1. The predicted octanol–water partition coefficient (Wildman–Crippen LogP) is 4.87. The first kappa shape index (κ1) is 19.2. The van der Waals surface area contributed by atoms with Crippen LogP contribution >= 0.6 is 11.3 Å². The van der Waals surface area contributed by atoms with E-state index in [1.165, 1.54) is 35.6 Å². The summed E-state index contributed by atoms with van der Waals surface area (Å²) in [5.74, 6) is -0.347. The second-order valence-electron chi connectivity index (χ2n) is 6.12. The van der Waals surface area contributed by atoms with Crippen LogP contribution < -0.4 is 10.2 Å². The highest BCUT2D eigenvalue weighted by Gasteiger charge is 2.13. The van der Waals surface area contributed by atoms with Gasteiger partial charge in [0.15, 0.2) is 0 Å². The number of esters is 1. The minimum absolute atomic E-state index is 0.106. The number of carbonyl (C=O) groups is 1. The fourth-order valence-corrected chi connectivity index (χ4v) is 3.43. The lowest BCUT2D eigenvalue weighted by molar-refractivity contribution is -0.384. The van der Waals surface area contributed by atoms with Crippen LogP contribution in [-0.4, -0.2) is 22.1 Å². The van der Waals surface area contributed by atoms with Gasteiger partial charge in [-0.05, 0) is 48.0 Å². The van der Waals surface area contributed by atoms with Gasteiger partial charge in [-0.15, -0.1) is 0 Å². The van der Waals surface area contributed by atoms with Crippen LogP contribution in [0.25, 0.3) is 10.2 Å². The smallest absolute Gasteiger partial charge is 0.343 e. The molecular formula is C21H14N4O4S. The summed E-state index contributed by atoms with van der Waals surface area (Å²) < 4.78 is 6.34. The van der Waals surface area contributed by atoms with Crippen molar-refractivity contribution in [3.8, 4) is 5.75 Å². The number of non-ortho nitro benzene ring substituents is 1. The fourth-order valence-electron chi connectivity index (χ4n) is 2.62. The quantitative estimate of drug-likeness (QED) is 0.157. The Labute approximate surface area is 174 Å². The molecule has 9 heteroatoms. The Kier molecular flexibility index (Phi) is 5.44. The third-order valence-electron chi connectivity index (χ3n) is 4.05. The number of nitro groups is 1. The Balaban J connectivity index is 1.37. The van der Waals surface area contributed by atoms with Crippen LogP contribution in [0, 0.1) is 10.1 Å². The summed E-state index contributed by atoms with van der Waals surface area (Å²) in [4.78, 5) is 26.9. The number of nitrogens with one attached hydrogen (secondary N) is 1. The van der Waals surface area contributed by atoms with Crippen LogP contribution in [-0.2, 0) is 0 Å². The average Bonchev–Trinajstić information content (AvgIpc) is 3.18. The van der Waals surface area contributed by atoms with Crippen LogP contribution in [0.2, 0.25) is 0 Å². The van der Waals surface area contributed by atoms with Crippen molar-refractivity contribution >= 4 is 44.6 Å². The number of hydrazone groups is 1. The van der Waals surface area contributed by atoms with Gasteiger partial charge in [0.05, 0.1) is 26.9 Å². The fraction of sp³-hybridized carbons (Fsp3) is 0. The molecule has 1 aromatic heterocycles. The molecule has 0 aliphatic rings. The summed E-state index contributed by atoms with van der Waals surface area (Å²) in [6, 6.07) is 19.9. The van der Waals surface area contributed by atoms with Gasteiger partial charge in [0, 0.05) is 12.1 Å². The van der Waals surface area contributed by atoms with E-state index in [0.717, 1.165) is 15.8 Å². The first-order chi connectivity index (χ1) is 14.6. The van der Waals surface area contributed by atoms with Crippen LogP contribution in [0.3, 0.4) is 0 Å². The summed E-state index contributed by atoms with van der Waals surface area (Å²) in [7, 11) is 0. The molecule has 0 atom stereocenters. The predicted molar refractivity (Wildman–Crippen MR) is 115 cm³/mol. The number of hydrogen-bond donors (Lipinski definition) is 1. The molecule has 0 aliphatic heterocycles. The molecule has 30 heavy (non-hydrogen) atoms. The number of ether oxygens (including phenoxy) is 1. The third-order valence-corrected chi connectivity index (χ3v) is 4.99. The molecule has 4 rings (SSSR count). The van der Waals surface area contributed by atoms with E-state index in [1.807, 2.05) is 24.3 Å². The minimum atomic E-state index is -0.669. The lowest BCUT2D eigenvalue weighted by Gasteiger charge is -2.04. The van der Waals surface area contributed by atoms with Crippen molar-refractivity contribution in [3.05, 3.63) is 94.0 Å². The number of hydrogen-bond acceptors (Lipinski definition) is 8. The highest BCUT2D eigenvalue weighted by molar-refractivity contribution is 7.22. The Morgan fingerprint density at radius 2 is 1.90 bits per heavy atom. The number of nitro benzene ring substituents is 1. The van der Waals surface area contributed by atoms with Gasteiger partial charge >= 0.3 is 5.97 Å². The van der Waals surface area contributed by atoms with Gasteiger partial charge in [0.2, 0.25) is 5.13 Å². The van der Waals surface area contributed by atoms with Crippen LogP contribution in [0.15, 0.2) is 77.9 Å². The molecule has 0 spiro atoms. The van der Waals surface area contributed by atoms with Gasteiger partial charge < -0.3 is 4.74 Å². The van der Waals surface area contributed by atoms with Crippen molar-refractivity contribution in [2.75, 3.05) is 5.43 Å². The second-order valence-corrected chi connectivity index (χ2v) is 7.15. The molecule has 0 radical (unpaired) electrons. The maximum atomic E-state index is 12.2. The molecule has 0 saturated heterocycles. The average molecular weight is 418 g/mol. The monoisotopic (exact) mass is 418 g/mol. The maximum Gasteiger partial charge on any atom is 0.343 e. The van der Waals surface area contributed by atoms with Crippen molar-refractivity contribution in [2.24, 2.45) is 5.10 Å². The minimum Gasteiger partial charge on any atom is -0.423 e. The molecule has 0 saturated carbocycles. The van der Waals surface area contributed by atoms with Crippen LogP contribution in [0.4, 0.5) is 10.8 Å². The molecule has 0 fully saturated rings. The van der Waals surface area contributed by atoms with Crippen LogP contribution in [0.5, 0.6) is 5.75 Å². The Bertz CT molecular complexity index is 1220. The molecule has 8 nitrogen and oxygen atoms in total. The number of rotatable bonds is 6. The molecule has 148 valence electrons. The largest absolute Gasteiger partial charge is 0.423 e. The Morgan fingerprint density at radius 3 is 2.67 bits per heavy atom. The lowest BCUT2D eigenvalue weighted by atomic mass is 10.2. The first-order valence-corrected chi connectivity index (χ1v) is 9.61. The number of para-hydroxylation sites is 1. The van der Waals surface area contributed by atoms with Gasteiger partial charge in [-0.1, -0.05) is 29.5 Å². The van der Waals surface area contributed by atoms with Crippen molar-refractivity contribution in [3.63, 3.8) is 0 Å². The van der Waals surface area contributed by atoms with Gasteiger partial charge in [-0.3, -0.25) is 15.5 Å². The third kappa shape index (κ3) is 4.47. The molecule has 0 unspecified atom stereocenters. The zero-order valence-corrected chi connectivity index (χ0v) is 16.2. The maximum absolute atomic E-state index is 12.2. The zero-order valence-electron chi connectivity index (χ0n) is 15.4. The number of thiazole rings is 1. The van der Waals surface area contributed by atoms with E-state index in [9.17, 15) is 14.9 Å².